The molecule has 4 nitrogen and oxygen atoms in total. The molecule has 1 aliphatic rings. The molecule has 1 aromatic carbocycles. The Kier molecular flexibility index (Phi) is 2.28. The largest absolute Gasteiger partial charge is 0.388 e. The fourth-order valence-corrected chi connectivity index (χ4v) is 1.91. The Bertz CT molecular complexity index is 310. The molecule has 76 valence electrons. The van der Waals surface area contributed by atoms with Gasteiger partial charge in [-0.1, -0.05) is 24.3 Å². The van der Waals surface area contributed by atoms with Gasteiger partial charge in [-0.2, -0.15) is 0 Å². The molecule has 0 amide bonds. The van der Waals surface area contributed by atoms with E-state index >= 15 is 0 Å². The van der Waals surface area contributed by atoms with Crippen molar-refractivity contribution in [3.8, 4) is 0 Å². The van der Waals surface area contributed by atoms with E-state index in [1.807, 2.05) is 24.3 Å². The van der Waals surface area contributed by atoms with E-state index in [0.29, 0.717) is 0 Å². The molecule has 0 bridgehead atoms. The van der Waals surface area contributed by atoms with E-state index in [1.165, 1.54) is 0 Å². The monoisotopic (exact) mass is 194 g/mol. The van der Waals surface area contributed by atoms with Crippen LogP contribution in [0.2, 0.25) is 0 Å². The maximum absolute atomic E-state index is 9.61. The predicted octanol–water partition coefficient (Wildman–Crippen LogP) is -0.578. The highest BCUT2D eigenvalue weighted by Gasteiger charge is 2.37. The average molecular weight is 194 g/mol. The van der Waals surface area contributed by atoms with Crippen LogP contribution in [0.3, 0.4) is 0 Å². The molecule has 0 heterocycles. The lowest BCUT2D eigenvalue weighted by Crippen LogP contribution is -2.47. The normalized spacial score (nSPS) is 36.6. The van der Waals surface area contributed by atoms with Gasteiger partial charge < -0.3 is 21.7 Å². The minimum atomic E-state index is -0.986. The standard InChI is InChI=1S/C10H14N2O2/c11-7-5-3-1-2-4-6(5)8(12)10(14)9(7)13/h1-4,7-10,13-14H,11-12H2/t7-,8+,9+,10-. The van der Waals surface area contributed by atoms with E-state index in [0.717, 1.165) is 11.1 Å². The lowest BCUT2D eigenvalue weighted by Gasteiger charge is -2.35. The second kappa shape index (κ2) is 3.33. The third-order valence-corrected chi connectivity index (χ3v) is 2.80. The average Bonchev–Trinajstić information content (AvgIpc) is 2.23. The summed E-state index contributed by atoms with van der Waals surface area (Å²) in [6.45, 7) is 0. The first kappa shape index (κ1) is 9.61. The topological polar surface area (TPSA) is 92.5 Å². The van der Waals surface area contributed by atoms with Gasteiger partial charge in [-0.15, -0.1) is 0 Å². The molecule has 2 rings (SSSR count). The van der Waals surface area contributed by atoms with Crippen molar-refractivity contribution in [2.24, 2.45) is 11.5 Å². The van der Waals surface area contributed by atoms with Crippen LogP contribution in [0, 0.1) is 0 Å². The third kappa shape index (κ3) is 1.24. The molecule has 1 aliphatic carbocycles. The summed E-state index contributed by atoms with van der Waals surface area (Å²) < 4.78 is 0. The number of benzene rings is 1. The van der Waals surface area contributed by atoms with Gasteiger partial charge >= 0.3 is 0 Å². The Morgan fingerprint density at radius 3 is 1.57 bits per heavy atom. The molecule has 0 aliphatic heterocycles. The van der Waals surface area contributed by atoms with Gasteiger partial charge in [-0.05, 0) is 11.1 Å². The van der Waals surface area contributed by atoms with E-state index in [1.54, 1.807) is 0 Å². The summed E-state index contributed by atoms with van der Waals surface area (Å²) in [5.41, 5.74) is 13.2. The molecule has 14 heavy (non-hydrogen) atoms. The van der Waals surface area contributed by atoms with Gasteiger partial charge in [0.1, 0.15) is 12.2 Å². The minimum absolute atomic E-state index is 0.555. The maximum Gasteiger partial charge on any atom is 0.101 e. The zero-order chi connectivity index (χ0) is 10.3. The van der Waals surface area contributed by atoms with Crippen LogP contribution in [-0.4, -0.2) is 22.4 Å². The SMILES string of the molecule is N[C@@H]1c2ccccc2[C@H](N)[C@@H](O)[C@H]1O. The smallest absolute Gasteiger partial charge is 0.101 e. The molecule has 0 saturated heterocycles. The first-order valence-corrected chi connectivity index (χ1v) is 4.59. The van der Waals surface area contributed by atoms with E-state index in [9.17, 15) is 10.2 Å². The quantitative estimate of drug-likeness (QED) is 0.444. The number of fused-ring (bicyclic) bond motifs is 1. The number of hydrogen-bond acceptors (Lipinski definition) is 4. The molecular formula is C10H14N2O2. The Balaban J connectivity index is 2.51. The van der Waals surface area contributed by atoms with Gasteiger partial charge in [-0.25, -0.2) is 0 Å². The molecule has 0 fully saturated rings. The zero-order valence-corrected chi connectivity index (χ0v) is 7.67. The number of rotatable bonds is 0. The Hall–Kier alpha value is -0.940. The molecule has 0 radical (unpaired) electrons. The van der Waals surface area contributed by atoms with Crippen LogP contribution < -0.4 is 11.5 Å². The van der Waals surface area contributed by atoms with Gasteiger partial charge in [0.05, 0.1) is 12.1 Å². The molecule has 0 saturated carbocycles. The van der Waals surface area contributed by atoms with Gasteiger partial charge in [0, 0.05) is 0 Å². The third-order valence-electron chi connectivity index (χ3n) is 2.80. The van der Waals surface area contributed by atoms with Crippen molar-refractivity contribution in [1.29, 1.82) is 0 Å². The number of nitrogens with two attached hydrogens (primary N) is 2. The van der Waals surface area contributed by atoms with Crippen LogP contribution in [0.15, 0.2) is 24.3 Å². The Morgan fingerprint density at radius 2 is 1.21 bits per heavy atom. The minimum Gasteiger partial charge on any atom is -0.388 e. The van der Waals surface area contributed by atoms with E-state index in [-0.39, 0.29) is 0 Å². The van der Waals surface area contributed by atoms with Crippen molar-refractivity contribution in [1.82, 2.24) is 0 Å². The summed E-state index contributed by atoms with van der Waals surface area (Å²) in [5.74, 6) is 0. The highest BCUT2D eigenvalue weighted by atomic mass is 16.3. The van der Waals surface area contributed by atoms with Crippen molar-refractivity contribution in [2.45, 2.75) is 24.3 Å². The van der Waals surface area contributed by atoms with Crippen LogP contribution >= 0.6 is 0 Å². The van der Waals surface area contributed by atoms with Crippen molar-refractivity contribution in [3.05, 3.63) is 35.4 Å². The summed E-state index contributed by atoms with van der Waals surface area (Å²) in [5, 5.41) is 19.2. The Morgan fingerprint density at radius 1 is 0.857 bits per heavy atom. The predicted molar refractivity (Wildman–Crippen MR) is 52.3 cm³/mol. The highest BCUT2D eigenvalue weighted by molar-refractivity contribution is 5.37. The first-order chi connectivity index (χ1) is 6.63. The lowest BCUT2D eigenvalue weighted by atomic mass is 9.81. The van der Waals surface area contributed by atoms with Crippen molar-refractivity contribution in [3.63, 3.8) is 0 Å². The molecule has 4 heteroatoms. The van der Waals surface area contributed by atoms with Crippen LogP contribution in [0.1, 0.15) is 23.2 Å². The van der Waals surface area contributed by atoms with Crippen molar-refractivity contribution in [2.75, 3.05) is 0 Å². The van der Waals surface area contributed by atoms with E-state index in [2.05, 4.69) is 0 Å². The molecule has 0 unspecified atom stereocenters. The lowest BCUT2D eigenvalue weighted by molar-refractivity contribution is -0.0196. The summed E-state index contributed by atoms with van der Waals surface area (Å²) in [6.07, 6.45) is -1.97. The fraction of sp³-hybridized carbons (Fsp3) is 0.400. The summed E-state index contributed by atoms with van der Waals surface area (Å²) in [4.78, 5) is 0. The molecule has 0 aromatic heterocycles. The van der Waals surface area contributed by atoms with E-state index < -0.39 is 24.3 Å². The van der Waals surface area contributed by atoms with Gasteiger partial charge in [0.2, 0.25) is 0 Å². The van der Waals surface area contributed by atoms with Crippen molar-refractivity contribution < 1.29 is 10.2 Å². The molecular weight excluding hydrogens is 180 g/mol. The van der Waals surface area contributed by atoms with Crippen LogP contribution in [-0.2, 0) is 0 Å². The summed E-state index contributed by atoms with van der Waals surface area (Å²) in [7, 11) is 0. The highest BCUT2D eigenvalue weighted by Crippen LogP contribution is 2.33. The Labute approximate surface area is 82.2 Å². The van der Waals surface area contributed by atoms with Crippen molar-refractivity contribution >= 4 is 0 Å². The second-order valence-electron chi connectivity index (χ2n) is 3.66. The zero-order valence-electron chi connectivity index (χ0n) is 7.67. The molecule has 6 N–H and O–H groups in total. The van der Waals surface area contributed by atoms with E-state index in [4.69, 9.17) is 11.5 Å². The number of aliphatic hydroxyl groups excluding tert-OH is 2. The summed E-state index contributed by atoms with van der Waals surface area (Å²) in [6, 6.07) is 6.23. The van der Waals surface area contributed by atoms with Gasteiger partial charge in [-0.3, -0.25) is 0 Å². The number of hydrogen-bond donors (Lipinski definition) is 4. The van der Waals surface area contributed by atoms with Crippen LogP contribution in [0.25, 0.3) is 0 Å². The van der Waals surface area contributed by atoms with Gasteiger partial charge in [0.15, 0.2) is 0 Å². The first-order valence-electron chi connectivity index (χ1n) is 4.59. The second-order valence-corrected chi connectivity index (χ2v) is 3.66. The molecule has 1 aromatic rings. The number of aliphatic hydroxyl groups is 2. The van der Waals surface area contributed by atoms with Gasteiger partial charge in [0.25, 0.3) is 0 Å². The molecule has 0 spiro atoms. The fourth-order valence-electron chi connectivity index (χ4n) is 1.91. The summed E-state index contributed by atoms with van der Waals surface area (Å²) >= 11 is 0. The van der Waals surface area contributed by atoms with Crippen LogP contribution in [0.4, 0.5) is 0 Å². The molecule has 4 atom stereocenters. The van der Waals surface area contributed by atoms with Crippen LogP contribution in [0.5, 0.6) is 0 Å². The maximum atomic E-state index is 9.61.